The summed E-state index contributed by atoms with van der Waals surface area (Å²) >= 11 is 1.56. The predicted octanol–water partition coefficient (Wildman–Crippen LogP) is 5.75. The highest BCUT2D eigenvalue weighted by atomic mass is 32.1. The van der Waals surface area contributed by atoms with E-state index in [-0.39, 0.29) is 16.4 Å². The zero-order valence-corrected chi connectivity index (χ0v) is 13.5. The summed E-state index contributed by atoms with van der Waals surface area (Å²) in [6.07, 6.45) is 0. The third kappa shape index (κ3) is 2.87. The first-order valence-corrected chi connectivity index (χ1v) is 7.90. The van der Waals surface area contributed by atoms with E-state index in [0.29, 0.717) is 5.56 Å². The third-order valence-electron chi connectivity index (χ3n) is 3.79. The Balaban J connectivity index is 2.10. The average molecular weight is 327 g/mol. The first-order chi connectivity index (χ1) is 11.0. The van der Waals surface area contributed by atoms with Crippen molar-refractivity contribution in [1.82, 2.24) is 0 Å². The molecule has 0 bridgehead atoms. The number of thiophene rings is 1. The van der Waals surface area contributed by atoms with Gasteiger partial charge in [0.25, 0.3) is 5.69 Å². The Morgan fingerprint density at radius 3 is 2.43 bits per heavy atom. The van der Waals surface area contributed by atoms with E-state index in [4.69, 9.17) is 0 Å². The van der Waals surface area contributed by atoms with Crippen molar-refractivity contribution in [1.29, 1.82) is 0 Å². The number of hydrogen-bond acceptors (Lipinski definition) is 3. The molecule has 3 aromatic rings. The maximum Gasteiger partial charge on any atom is 0.272 e. The van der Waals surface area contributed by atoms with Crippen molar-refractivity contribution < 1.29 is 9.31 Å². The van der Waals surface area contributed by atoms with Crippen molar-refractivity contribution >= 4 is 17.0 Å². The third-order valence-corrected chi connectivity index (χ3v) is 5.11. The zero-order valence-electron chi connectivity index (χ0n) is 12.7. The summed E-state index contributed by atoms with van der Waals surface area (Å²) in [6, 6.07) is 13.5. The lowest BCUT2D eigenvalue weighted by atomic mass is 10.0. The van der Waals surface area contributed by atoms with Crippen LogP contribution in [-0.2, 0) is 0 Å². The largest absolute Gasteiger partial charge is 0.272 e. The van der Waals surface area contributed by atoms with Crippen LogP contribution in [0.2, 0.25) is 0 Å². The van der Waals surface area contributed by atoms with Crippen LogP contribution in [0.25, 0.3) is 20.9 Å². The molecule has 116 valence electrons. The van der Waals surface area contributed by atoms with Gasteiger partial charge in [-0.15, -0.1) is 11.3 Å². The highest BCUT2D eigenvalue weighted by Gasteiger charge is 2.17. The number of nitrogens with zero attached hydrogens (tertiary/aromatic N) is 1. The van der Waals surface area contributed by atoms with E-state index >= 15 is 0 Å². The minimum atomic E-state index is -0.361. The molecule has 0 fully saturated rings. The van der Waals surface area contributed by atoms with Gasteiger partial charge in [-0.05, 0) is 43.2 Å². The van der Waals surface area contributed by atoms with E-state index < -0.39 is 0 Å². The summed E-state index contributed by atoms with van der Waals surface area (Å²) in [5.74, 6) is -0.266. The van der Waals surface area contributed by atoms with Gasteiger partial charge < -0.3 is 0 Å². The van der Waals surface area contributed by atoms with Crippen molar-refractivity contribution in [3.63, 3.8) is 0 Å². The van der Waals surface area contributed by atoms with Gasteiger partial charge in [-0.1, -0.05) is 24.3 Å². The number of hydrogen-bond donors (Lipinski definition) is 0. The second kappa shape index (κ2) is 5.93. The van der Waals surface area contributed by atoms with Gasteiger partial charge in [-0.25, -0.2) is 4.39 Å². The van der Waals surface area contributed by atoms with Crippen molar-refractivity contribution in [3.05, 3.63) is 75.6 Å². The molecule has 5 heteroatoms. The smallest absolute Gasteiger partial charge is 0.258 e. The molecule has 0 spiro atoms. The van der Waals surface area contributed by atoms with Crippen molar-refractivity contribution in [2.75, 3.05) is 0 Å². The standard InChI is InChI=1S/C18H14FNO2S/c1-11-10-17(15-4-3-5-16(12(15)2)20(21)22)23-18(11)13-6-8-14(19)9-7-13/h3-10H,1-2H3. The molecule has 0 aliphatic carbocycles. The number of halogens is 1. The molecule has 1 heterocycles. The minimum absolute atomic E-state index is 0.122. The van der Waals surface area contributed by atoms with Crippen LogP contribution in [-0.4, -0.2) is 4.92 Å². The molecule has 0 aliphatic rings. The number of aryl methyl sites for hydroxylation is 1. The lowest BCUT2D eigenvalue weighted by molar-refractivity contribution is -0.385. The van der Waals surface area contributed by atoms with Gasteiger partial charge in [0.15, 0.2) is 0 Å². The molecule has 0 N–H and O–H groups in total. The van der Waals surface area contributed by atoms with Crippen LogP contribution in [0, 0.1) is 29.8 Å². The molecule has 1 aromatic heterocycles. The van der Waals surface area contributed by atoms with Crippen LogP contribution in [0.1, 0.15) is 11.1 Å². The van der Waals surface area contributed by atoms with E-state index in [1.54, 1.807) is 36.5 Å². The van der Waals surface area contributed by atoms with E-state index in [9.17, 15) is 14.5 Å². The molecule has 0 unspecified atom stereocenters. The Morgan fingerprint density at radius 2 is 1.78 bits per heavy atom. The Labute approximate surface area is 137 Å². The zero-order chi connectivity index (χ0) is 16.6. The van der Waals surface area contributed by atoms with Gasteiger partial charge in [0, 0.05) is 26.9 Å². The van der Waals surface area contributed by atoms with Gasteiger partial charge in [-0.2, -0.15) is 0 Å². The van der Waals surface area contributed by atoms with Crippen LogP contribution in [0.15, 0.2) is 48.5 Å². The summed E-state index contributed by atoms with van der Waals surface area (Å²) in [5.41, 5.74) is 3.66. The quantitative estimate of drug-likeness (QED) is 0.454. The average Bonchev–Trinajstić information content (AvgIpc) is 2.89. The first kappa shape index (κ1) is 15.4. The number of nitro benzene ring substituents is 1. The highest BCUT2D eigenvalue weighted by molar-refractivity contribution is 7.19. The molecule has 2 aromatic carbocycles. The molecule has 0 amide bonds. The summed E-state index contributed by atoms with van der Waals surface area (Å²) < 4.78 is 13.1. The molecular weight excluding hydrogens is 313 g/mol. The van der Waals surface area contributed by atoms with Crippen molar-refractivity contribution in [3.8, 4) is 20.9 Å². The monoisotopic (exact) mass is 327 g/mol. The van der Waals surface area contributed by atoms with E-state index in [1.165, 1.54) is 18.2 Å². The summed E-state index contributed by atoms with van der Waals surface area (Å²) in [6.45, 7) is 3.76. The highest BCUT2D eigenvalue weighted by Crippen LogP contribution is 2.40. The Bertz CT molecular complexity index is 885. The topological polar surface area (TPSA) is 43.1 Å². The van der Waals surface area contributed by atoms with E-state index in [0.717, 1.165) is 26.4 Å². The van der Waals surface area contributed by atoms with Gasteiger partial charge in [0.1, 0.15) is 5.82 Å². The second-order valence-electron chi connectivity index (χ2n) is 5.34. The number of benzene rings is 2. The molecule has 0 saturated carbocycles. The Kier molecular flexibility index (Phi) is 3.96. The van der Waals surface area contributed by atoms with Crippen LogP contribution >= 0.6 is 11.3 Å². The van der Waals surface area contributed by atoms with Gasteiger partial charge in [-0.3, -0.25) is 10.1 Å². The molecule has 23 heavy (non-hydrogen) atoms. The van der Waals surface area contributed by atoms with Gasteiger partial charge >= 0.3 is 0 Å². The molecule has 0 radical (unpaired) electrons. The summed E-state index contributed by atoms with van der Waals surface area (Å²) in [5, 5.41) is 11.1. The fourth-order valence-electron chi connectivity index (χ4n) is 2.59. The minimum Gasteiger partial charge on any atom is -0.258 e. The number of rotatable bonds is 3. The normalized spacial score (nSPS) is 10.7. The molecule has 0 saturated heterocycles. The summed E-state index contributed by atoms with van der Waals surface area (Å²) in [4.78, 5) is 12.8. The van der Waals surface area contributed by atoms with Crippen LogP contribution in [0.4, 0.5) is 10.1 Å². The van der Waals surface area contributed by atoms with Crippen molar-refractivity contribution in [2.24, 2.45) is 0 Å². The van der Waals surface area contributed by atoms with Crippen LogP contribution in [0.3, 0.4) is 0 Å². The number of nitro groups is 1. The molecule has 3 nitrogen and oxygen atoms in total. The second-order valence-corrected chi connectivity index (χ2v) is 6.39. The molecule has 0 aliphatic heterocycles. The maximum absolute atomic E-state index is 13.1. The van der Waals surface area contributed by atoms with Gasteiger partial charge in [0.2, 0.25) is 0 Å². The van der Waals surface area contributed by atoms with Crippen LogP contribution < -0.4 is 0 Å². The maximum atomic E-state index is 13.1. The fraction of sp³-hybridized carbons (Fsp3) is 0.111. The van der Waals surface area contributed by atoms with E-state index in [1.807, 2.05) is 19.1 Å². The SMILES string of the molecule is Cc1cc(-c2cccc([N+](=O)[O-])c2C)sc1-c1ccc(F)cc1. The first-order valence-electron chi connectivity index (χ1n) is 7.08. The fourth-order valence-corrected chi connectivity index (χ4v) is 3.85. The molecule has 3 rings (SSSR count). The lowest BCUT2D eigenvalue weighted by Crippen LogP contribution is -1.92. The molecule has 0 atom stereocenters. The van der Waals surface area contributed by atoms with E-state index in [2.05, 4.69) is 0 Å². The van der Waals surface area contributed by atoms with Crippen LogP contribution in [0.5, 0.6) is 0 Å². The Morgan fingerprint density at radius 1 is 1.09 bits per heavy atom. The predicted molar refractivity (Wildman–Crippen MR) is 91.3 cm³/mol. The Hall–Kier alpha value is -2.53. The lowest BCUT2D eigenvalue weighted by Gasteiger charge is -2.03. The van der Waals surface area contributed by atoms with Crippen molar-refractivity contribution in [2.45, 2.75) is 13.8 Å². The summed E-state index contributed by atoms with van der Waals surface area (Å²) in [7, 11) is 0. The van der Waals surface area contributed by atoms with Gasteiger partial charge in [0.05, 0.1) is 4.92 Å². The molecular formula is C18H14FNO2S.